The molecule has 0 atom stereocenters. The van der Waals surface area contributed by atoms with Gasteiger partial charge in [0.25, 0.3) is 0 Å². The fourth-order valence-electron chi connectivity index (χ4n) is 1.93. The number of para-hydroxylation sites is 5. The molecule has 0 bridgehead atoms. The molecule has 0 aliphatic carbocycles. The van der Waals surface area contributed by atoms with E-state index in [0.717, 1.165) is 5.75 Å². The Morgan fingerprint density at radius 2 is 1.05 bits per heavy atom. The molecule has 0 fully saturated rings. The monoisotopic (exact) mass is 277 g/mol. The third kappa shape index (κ3) is 3.15. The minimum absolute atomic E-state index is 0.590. The van der Waals surface area contributed by atoms with E-state index in [1.165, 1.54) is 0 Å². The maximum Gasteiger partial charge on any atom is 0.170 e. The van der Waals surface area contributed by atoms with Gasteiger partial charge in [0, 0.05) is 0 Å². The molecule has 0 aliphatic heterocycles. The Bertz CT molecular complexity index is 726. The Kier molecular flexibility index (Phi) is 3.74. The second-order valence-electron chi connectivity index (χ2n) is 4.50. The first kappa shape index (κ1) is 13.1. The highest BCUT2D eigenvalue weighted by molar-refractivity contribution is 5.55. The van der Waals surface area contributed by atoms with Crippen molar-refractivity contribution in [1.29, 1.82) is 0 Å². The molecule has 0 spiro atoms. The molecule has 2 N–H and O–H groups in total. The van der Waals surface area contributed by atoms with Crippen LogP contribution in [0.5, 0.6) is 23.0 Å². The number of nitrogen functional groups attached to an aromatic ring is 1. The van der Waals surface area contributed by atoms with E-state index >= 15 is 0 Å². The molecule has 0 aromatic heterocycles. The molecule has 0 saturated carbocycles. The van der Waals surface area contributed by atoms with Crippen LogP contribution in [-0.2, 0) is 0 Å². The molecule has 0 amide bonds. The minimum atomic E-state index is 0.590. The van der Waals surface area contributed by atoms with Gasteiger partial charge in [-0.05, 0) is 36.4 Å². The maximum absolute atomic E-state index is 5.91. The highest BCUT2D eigenvalue weighted by Crippen LogP contribution is 2.36. The maximum atomic E-state index is 5.91. The summed E-state index contributed by atoms with van der Waals surface area (Å²) in [5.41, 5.74) is 6.50. The Hall–Kier alpha value is -2.94. The largest absolute Gasteiger partial charge is 0.453 e. The van der Waals surface area contributed by atoms with Gasteiger partial charge < -0.3 is 15.2 Å². The molecule has 3 rings (SSSR count). The molecule has 3 nitrogen and oxygen atoms in total. The first-order chi connectivity index (χ1) is 10.3. The zero-order valence-corrected chi connectivity index (χ0v) is 11.4. The van der Waals surface area contributed by atoms with Crippen LogP contribution in [-0.4, -0.2) is 0 Å². The van der Waals surface area contributed by atoms with Gasteiger partial charge in [-0.3, -0.25) is 0 Å². The normalized spacial score (nSPS) is 10.1. The predicted octanol–water partition coefficient (Wildman–Crippen LogP) is 4.85. The lowest BCUT2D eigenvalue weighted by Gasteiger charge is -2.13. The van der Waals surface area contributed by atoms with Crippen LogP contribution in [0, 0.1) is 0 Å². The Balaban J connectivity index is 1.88. The smallest absolute Gasteiger partial charge is 0.170 e. The van der Waals surface area contributed by atoms with E-state index in [9.17, 15) is 0 Å². The van der Waals surface area contributed by atoms with Crippen LogP contribution >= 0.6 is 0 Å². The molecule has 3 heteroatoms. The Morgan fingerprint density at radius 1 is 0.524 bits per heavy atom. The Labute approximate surface area is 123 Å². The first-order valence-electron chi connectivity index (χ1n) is 6.67. The molecular formula is C18H15NO2. The molecule has 0 heterocycles. The fraction of sp³-hybridized carbons (Fsp3) is 0. The molecule has 0 unspecified atom stereocenters. The average Bonchev–Trinajstić information content (AvgIpc) is 2.52. The van der Waals surface area contributed by atoms with Gasteiger partial charge in [0.05, 0.1) is 5.69 Å². The second-order valence-corrected chi connectivity index (χ2v) is 4.50. The van der Waals surface area contributed by atoms with Crippen LogP contribution in [0.3, 0.4) is 0 Å². The molecule has 0 saturated heterocycles. The zero-order chi connectivity index (χ0) is 14.5. The van der Waals surface area contributed by atoms with Crippen LogP contribution in [0.2, 0.25) is 0 Å². The number of hydrogen-bond acceptors (Lipinski definition) is 3. The van der Waals surface area contributed by atoms with Crippen LogP contribution in [0.15, 0.2) is 78.9 Å². The van der Waals surface area contributed by atoms with Gasteiger partial charge in [0.2, 0.25) is 0 Å². The molecule has 0 radical (unpaired) electrons. The van der Waals surface area contributed by atoms with E-state index in [0.29, 0.717) is 22.9 Å². The van der Waals surface area contributed by atoms with Crippen molar-refractivity contribution in [2.24, 2.45) is 0 Å². The molecule has 104 valence electrons. The summed E-state index contributed by atoms with van der Waals surface area (Å²) < 4.78 is 11.7. The summed E-state index contributed by atoms with van der Waals surface area (Å²) in [7, 11) is 0. The standard InChI is InChI=1S/C18H15NO2/c19-15-10-4-5-11-16(15)21-18-13-7-6-12-17(18)20-14-8-2-1-3-9-14/h1-13H,19H2. The molecule has 3 aromatic rings. The number of ether oxygens (including phenoxy) is 2. The Morgan fingerprint density at radius 3 is 1.71 bits per heavy atom. The highest BCUT2D eigenvalue weighted by atomic mass is 16.5. The van der Waals surface area contributed by atoms with Crippen LogP contribution in [0.4, 0.5) is 5.69 Å². The van der Waals surface area contributed by atoms with E-state index in [2.05, 4.69) is 0 Å². The summed E-state index contributed by atoms with van der Waals surface area (Å²) in [5, 5.41) is 0. The van der Waals surface area contributed by atoms with Crippen molar-refractivity contribution in [1.82, 2.24) is 0 Å². The van der Waals surface area contributed by atoms with E-state index in [1.54, 1.807) is 6.07 Å². The van der Waals surface area contributed by atoms with Crippen molar-refractivity contribution in [3.63, 3.8) is 0 Å². The minimum Gasteiger partial charge on any atom is -0.453 e. The van der Waals surface area contributed by atoms with Crippen molar-refractivity contribution in [2.45, 2.75) is 0 Å². The average molecular weight is 277 g/mol. The molecule has 21 heavy (non-hydrogen) atoms. The van der Waals surface area contributed by atoms with Crippen molar-refractivity contribution in [2.75, 3.05) is 5.73 Å². The first-order valence-corrected chi connectivity index (χ1v) is 6.67. The van der Waals surface area contributed by atoms with Gasteiger partial charge >= 0.3 is 0 Å². The van der Waals surface area contributed by atoms with Crippen LogP contribution in [0.25, 0.3) is 0 Å². The fourth-order valence-corrected chi connectivity index (χ4v) is 1.93. The van der Waals surface area contributed by atoms with E-state index in [-0.39, 0.29) is 0 Å². The third-order valence-electron chi connectivity index (χ3n) is 2.96. The van der Waals surface area contributed by atoms with Gasteiger partial charge in [-0.1, -0.05) is 42.5 Å². The lowest BCUT2D eigenvalue weighted by atomic mass is 10.3. The van der Waals surface area contributed by atoms with Gasteiger partial charge in [-0.15, -0.1) is 0 Å². The molecular weight excluding hydrogens is 262 g/mol. The number of benzene rings is 3. The van der Waals surface area contributed by atoms with Gasteiger partial charge in [0.1, 0.15) is 5.75 Å². The van der Waals surface area contributed by atoms with Gasteiger partial charge in [0.15, 0.2) is 17.2 Å². The van der Waals surface area contributed by atoms with Gasteiger partial charge in [-0.2, -0.15) is 0 Å². The molecule has 3 aromatic carbocycles. The third-order valence-corrected chi connectivity index (χ3v) is 2.96. The van der Waals surface area contributed by atoms with Crippen molar-refractivity contribution in [3.05, 3.63) is 78.9 Å². The summed E-state index contributed by atoms with van der Waals surface area (Å²) in [4.78, 5) is 0. The summed E-state index contributed by atoms with van der Waals surface area (Å²) in [6, 6.07) is 24.5. The summed E-state index contributed by atoms with van der Waals surface area (Å²) >= 11 is 0. The summed E-state index contributed by atoms with van der Waals surface area (Å²) in [6.07, 6.45) is 0. The second kappa shape index (κ2) is 6.01. The van der Waals surface area contributed by atoms with Crippen molar-refractivity contribution >= 4 is 5.69 Å². The SMILES string of the molecule is Nc1ccccc1Oc1ccccc1Oc1ccccc1. The van der Waals surface area contributed by atoms with E-state index < -0.39 is 0 Å². The van der Waals surface area contributed by atoms with Crippen LogP contribution in [0.1, 0.15) is 0 Å². The van der Waals surface area contributed by atoms with Crippen molar-refractivity contribution in [3.8, 4) is 23.0 Å². The van der Waals surface area contributed by atoms with Crippen molar-refractivity contribution < 1.29 is 9.47 Å². The number of nitrogens with two attached hydrogens (primary N) is 1. The predicted molar refractivity (Wildman–Crippen MR) is 83.9 cm³/mol. The van der Waals surface area contributed by atoms with E-state index in [4.69, 9.17) is 15.2 Å². The lowest BCUT2D eigenvalue weighted by molar-refractivity contribution is 0.420. The zero-order valence-electron chi connectivity index (χ0n) is 11.4. The summed E-state index contributed by atoms with van der Waals surface area (Å²) in [5.74, 6) is 2.64. The highest BCUT2D eigenvalue weighted by Gasteiger charge is 2.08. The molecule has 0 aliphatic rings. The summed E-state index contributed by atoms with van der Waals surface area (Å²) in [6.45, 7) is 0. The van der Waals surface area contributed by atoms with E-state index in [1.807, 2.05) is 72.8 Å². The quantitative estimate of drug-likeness (QED) is 0.693. The van der Waals surface area contributed by atoms with Crippen LogP contribution < -0.4 is 15.2 Å². The number of hydrogen-bond donors (Lipinski definition) is 1. The van der Waals surface area contributed by atoms with Gasteiger partial charge in [-0.25, -0.2) is 0 Å². The number of anilines is 1. The lowest BCUT2D eigenvalue weighted by Crippen LogP contribution is -1.93. The number of rotatable bonds is 4. The topological polar surface area (TPSA) is 44.5 Å².